The summed E-state index contributed by atoms with van der Waals surface area (Å²) in [6.07, 6.45) is 0.287. The van der Waals surface area contributed by atoms with E-state index in [9.17, 15) is 4.79 Å². The number of hydrogen-bond donors (Lipinski definition) is 2. The minimum atomic E-state index is -0.161. The minimum Gasteiger partial charge on any atom is -0.485 e. The van der Waals surface area contributed by atoms with E-state index >= 15 is 0 Å². The number of hydrogen-bond acceptors (Lipinski definition) is 6. The van der Waals surface area contributed by atoms with Crippen LogP contribution in [0.4, 0.5) is 5.69 Å². The molecule has 0 bridgehead atoms. The zero-order valence-corrected chi connectivity index (χ0v) is 13.2. The van der Waals surface area contributed by atoms with E-state index in [4.69, 9.17) is 15.0 Å². The Morgan fingerprint density at radius 3 is 2.64 bits per heavy atom. The van der Waals surface area contributed by atoms with Crippen molar-refractivity contribution in [2.75, 3.05) is 5.32 Å². The van der Waals surface area contributed by atoms with Gasteiger partial charge in [-0.1, -0.05) is 5.16 Å². The number of amides is 1. The summed E-state index contributed by atoms with van der Waals surface area (Å²) in [4.78, 5) is 15.6. The van der Waals surface area contributed by atoms with Crippen LogP contribution in [-0.2, 0) is 11.4 Å². The van der Waals surface area contributed by atoms with Gasteiger partial charge in [0.15, 0.2) is 6.61 Å². The minimum absolute atomic E-state index is 0. The normalized spacial score (nSPS) is 11.4. The lowest BCUT2D eigenvalue weighted by Crippen LogP contribution is -2.23. The van der Waals surface area contributed by atoms with Crippen molar-refractivity contribution in [3.05, 3.63) is 36.0 Å². The quantitative estimate of drug-likeness (QED) is 0.842. The van der Waals surface area contributed by atoms with Crippen molar-refractivity contribution in [1.29, 1.82) is 0 Å². The Kier molecular flexibility index (Phi) is 6.81. The molecule has 1 atom stereocenters. The molecule has 3 N–H and O–H groups in total. The van der Waals surface area contributed by atoms with E-state index in [0.29, 0.717) is 23.2 Å². The first-order valence-electron chi connectivity index (χ1n) is 6.60. The van der Waals surface area contributed by atoms with Crippen LogP contribution in [0.1, 0.15) is 25.1 Å². The lowest BCUT2D eigenvalue weighted by Gasteiger charge is -2.08. The third-order valence-electron chi connectivity index (χ3n) is 2.58. The highest BCUT2D eigenvalue weighted by atomic mass is 35.5. The Morgan fingerprint density at radius 2 is 2.09 bits per heavy atom. The zero-order valence-electron chi connectivity index (χ0n) is 12.4. The number of nitrogens with two attached hydrogens (primary N) is 1. The maximum atomic E-state index is 11.6. The molecule has 0 saturated heterocycles. The molecule has 2 aromatic rings. The van der Waals surface area contributed by atoms with Gasteiger partial charge in [-0.3, -0.25) is 4.79 Å². The van der Waals surface area contributed by atoms with Crippen molar-refractivity contribution in [3.63, 3.8) is 0 Å². The number of carbonyl (C=O) groups excluding carboxylic acids is 1. The van der Waals surface area contributed by atoms with E-state index in [-0.39, 0.29) is 37.4 Å². The number of nitrogens with one attached hydrogen (secondary N) is 1. The van der Waals surface area contributed by atoms with Gasteiger partial charge in [0.25, 0.3) is 0 Å². The second kappa shape index (κ2) is 8.35. The van der Waals surface area contributed by atoms with Crippen molar-refractivity contribution >= 4 is 24.0 Å². The van der Waals surface area contributed by atoms with Crippen molar-refractivity contribution in [3.8, 4) is 5.75 Å². The number of aromatic nitrogens is 2. The van der Waals surface area contributed by atoms with Gasteiger partial charge in [0.05, 0.1) is 0 Å². The van der Waals surface area contributed by atoms with Gasteiger partial charge in [0, 0.05) is 25.1 Å². The number of anilines is 1. The Labute approximate surface area is 134 Å². The zero-order chi connectivity index (χ0) is 15.2. The first-order chi connectivity index (χ1) is 10.0. The average Bonchev–Trinajstić information content (AvgIpc) is 2.83. The Bertz CT molecular complexity index is 598. The van der Waals surface area contributed by atoms with Crippen LogP contribution in [0.5, 0.6) is 5.75 Å². The molecular weight excluding hydrogens is 308 g/mol. The molecule has 22 heavy (non-hydrogen) atoms. The van der Waals surface area contributed by atoms with Crippen LogP contribution >= 0.6 is 12.4 Å². The molecule has 7 nitrogen and oxygen atoms in total. The molecule has 1 heterocycles. The summed E-state index contributed by atoms with van der Waals surface area (Å²) in [5, 5.41) is 6.50. The molecule has 0 aliphatic heterocycles. The van der Waals surface area contributed by atoms with E-state index in [1.807, 2.05) is 0 Å². The second-order valence-corrected chi connectivity index (χ2v) is 4.77. The first-order valence-corrected chi connectivity index (χ1v) is 6.60. The first kappa shape index (κ1) is 17.9. The maximum Gasteiger partial charge on any atom is 0.225 e. The molecule has 0 spiro atoms. The summed E-state index contributed by atoms with van der Waals surface area (Å²) >= 11 is 0. The number of carbonyl (C=O) groups is 1. The lowest BCUT2D eigenvalue weighted by molar-refractivity contribution is -0.116. The molecule has 1 aromatic heterocycles. The van der Waals surface area contributed by atoms with Gasteiger partial charge in [-0.15, -0.1) is 12.4 Å². The standard InChI is InChI=1S/C14H18N4O3.ClH/c1-9(15)7-14(19)17-11-3-5-12(6-4-11)20-8-13-16-10(2)21-18-13;/h3-6,9H,7-8,15H2,1-2H3,(H,17,19);1H. The largest absolute Gasteiger partial charge is 0.485 e. The smallest absolute Gasteiger partial charge is 0.225 e. The van der Waals surface area contributed by atoms with E-state index in [2.05, 4.69) is 15.5 Å². The average molecular weight is 327 g/mol. The summed E-state index contributed by atoms with van der Waals surface area (Å²) in [6, 6.07) is 6.88. The van der Waals surface area contributed by atoms with Gasteiger partial charge < -0.3 is 20.3 Å². The van der Waals surface area contributed by atoms with Crippen LogP contribution < -0.4 is 15.8 Å². The van der Waals surface area contributed by atoms with Crippen LogP contribution in [0.15, 0.2) is 28.8 Å². The van der Waals surface area contributed by atoms with Crippen LogP contribution in [0.25, 0.3) is 0 Å². The SMILES string of the molecule is Cc1nc(COc2ccc(NC(=O)CC(C)N)cc2)no1.Cl. The highest BCUT2D eigenvalue weighted by Crippen LogP contribution is 2.17. The molecule has 0 aliphatic rings. The second-order valence-electron chi connectivity index (χ2n) is 4.77. The van der Waals surface area contributed by atoms with Crippen LogP contribution in [-0.4, -0.2) is 22.1 Å². The van der Waals surface area contributed by atoms with Crippen molar-refractivity contribution < 1.29 is 14.1 Å². The molecule has 0 radical (unpaired) electrons. The predicted molar refractivity (Wildman–Crippen MR) is 84.0 cm³/mol. The third kappa shape index (κ3) is 5.71. The third-order valence-corrected chi connectivity index (χ3v) is 2.58. The number of rotatable bonds is 6. The number of aryl methyl sites for hydroxylation is 1. The monoisotopic (exact) mass is 326 g/mol. The van der Waals surface area contributed by atoms with Gasteiger partial charge in [-0.05, 0) is 31.2 Å². The summed E-state index contributed by atoms with van der Waals surface area (Å²) < 4.78 is 10.4. The number of halogens is 1. The molecule has 0 saturated carbocycles. The number of nitrogens with zero attached hydrogens (tertiary/aromatic N) is 2. The van der Waals surface area contributed by atoms with Gasteiger partial charge in [0.2, 0.25) is 17.6 Å². The van der Waals surface area contributed by atoms with Gasteiger partial charge in [-0.2, -0.15) is 4.98 Å². The fraction of sp³-hybridized carbons (Fsp3) is 0.357. The molecular formula is C14H19ClN4O3. The number of benzene rings is 1. The van der Waals surface area contributed by atoms with E-state index < -0.39 is 0 Å². The molecule has 2 rings (SSSR count). The fourth-order valence-electron chi connectivity index (χ4n) is 1.69. The Balaban J connectivity index is 0.00000242. The van der Waals surface area contributed by atoms with E-state index in [1.54, 1.807) is 38.1 Å². The van der Waals surface area contributed by atoms with E-state index in [1.165, 1.54) is 0 Å². The topological polar surface area (TPSA) is 103 Å². The lowest BCUT2D eigenvalue weighted by atomic mass is 10.2. The highest BCUT2D eigenvalue weighted by molar-refractivity contribution is 5.91. The van der Waals surface area contributed by atoms with Crippen LogP contribution in [0, 0.1) is 6.92 Å². The van der Waals surface area contributed by atoms with Crippen molar-refractivity contribution in [1.82, 2.24) is 10.1 Å². The summed E-state index contributed by atoms with van der Waals surface area (Å²) in [7, 11) is 0. The van der Waals surface area contributed by atoms with Gasteiger partial charge in [0.1, 0.15) is 5.75 Å². The highest BCUT2D eigenvalue weighted by Gasteiger charge is 2.06. The Morgan fingerprint density at radius 1 is 1.41 bits per heavy atom. The van der Waals surface area contributed by atoms with Gasteiger partial charge in [-0.25, -0.2) is 0 Å². The van der Waals surface area contributed by atoms with Gasteiger partial charge >= 0.3 is 0 Å². The summed E-state index contributed by atoms with van der Waals surface area (Å²) in [6.45, 7) is 3.74. The van der Waals surface area contributed by atoms with Crippen molar-refractivity contribution in [2.45, 2.75) is 32.9 Å². The van der Waals surface area contributed by atoms with E-state index in [0.717, 1.165) is 0 Å². The molecule has 0 aliphatic carbocycles. The maximum absolute atomic E-state index is 11.6. The summed E-state index contributed by atoms with van der Waals surface area (Å²) in [5.41, 5.74) is 6.26. The number of ether oxygens (including phenoxy) is 1. The molecule has 120 valence electrons. The molecule has 1 unspecified atom stereocenters. The molecule has 8 heteroatoms. The predicted octanol–water partition coefficient (Wildman–Crippen LogP) is 2.05. The van der Waals surface area contributed by atoms with Crippen molar-refractivity contribution in [2.24, 2.45) is 5.73 Å². The molecule has 1 amide bonds. The Hall–Kier alpha value is -2.12. The molecule has 1 aromatic carbocycles. The van der Waals surface area contributed by atoms with Crippen LogP contribution in [0.2, 0.25) is 0 Å². The van der Waals surface area contributed by atoms with Crippen LogP contribution in [0.3, 0.4) is 0 Å². The fourth-order valence-corrected chi connectivity index (χ4v) is 1.69. The molecule has 0 fully saturated rings. The summed E-state index contributed by atoms with van der Waals surface area (Å²) in [5.74, 6) is 1.53.